The number of rotatable bonds is 2. The number of hydrogen-bond acceptors (Lipinski definition) is 4. The first kappa shape index (κ1) is 12.6. The van der Waals surface area contributed by atoms with Crippen LogP contribution in [0, 0.1) is 0 Å². The van der Waals surface area contributed by atoms with Crippen LogP contribution in [-0.4, -0.2) is 28.3 Å². The van der Waals surface area contributed by atoms with E-state index < -0.39 is 0 Å². The zero-order valence-electron chi connectivity index (χ0n) is 9.30. The molecule has 0 bridgehead atoms. The van der Waals surface area contributed by atoms with Gasteiger partial charge in [-0.3, -0.25) is 4.98 Å². The van der Waals surface area contributed by atoms with Gasteiger partial charge in [-0.2, -0.15) is 0 Å². The maximum Gasteiger partial charge on any atom is 0.115 e. The van der Waals surface area contributed by atoms with Crippen molar-refractivity contribution in [3.63, 3.8) is 0 Å². The van der Waals surface area contributed by atoms with Crippen molar-refractivity contribution in [2.75, 3.05) is 13.1 Å². The van der Waals surface area contributed by atoms with E-state index in [1.165, 1.54) is 6.42 Å². The molecule has 0 amide bonds. The molecule has 2 heterocycles. The van der Waals surface area contributed by atoms with Crippen LogP contribution in [0.3, 0.4) is 0 Å². The first-order valence-corrected chi connectivity index (χ1v) is 6.39. The highest BCUT2D eigenvalue weighted by atomic mass is 35.5. The van der Waals surface area contributed by atoms with Crippen LogP contribution in [0.5, 0.6) is 0 Å². The van der Waals surface area contributed by atoms with Gasteiger partial charge in [0.2, 0.25) is 0 Å². The Bertz CT molecular complexity index is 500. The van der Waals surface area contributed by atoms with Crippen LogP contribution in [0.25, 0.3) is 11.0 Å². The quantitative estimate of drug-likeness (QED) is 0.907. The van der Waals surface area contributed by atoms with Gasteiger partial charge >= 0.3 is 0 Å². The molecule has 17 heavy (non-hydrogen) atoms. The average Bonchev–Trinajstić information content (AvgIpc) is 2.82. The van der Waals surface area contributed by atoms with Gasteiger partial charge in [-0.15, -0.1) is 24.2 Å². The number of thioether (sulfide) groups is 1. The molecule has 1 N–H and O–H groups in total. The molecule has 0 saturated carbocycles. The molecule has 1 aromatic heterocycles. The van der Waals surface area contributed by atoms with E-state index in [4.69, 9.17) is 0 Å². The second kappa shape index (κ2) is 5.67. The summed E-state index contributed by atoms with van der Waals surface area (Å²) in [6.45, 7) is 2.21. The van der Waals surface area contributed by atoms with Crippen molar-refractivity contribution in [1.82, 2.24) is 15.3 Å². The zero-order valence-corrected chi connectivity index (χ0v) is 10.9. The standard InChI is InChI=1S/C12H13N3S.ClH/c1-2-4-11-10(3-1)14-8-12(15-11)16-9-5-6-13-7-9;/h1-4,8-9,13H,5-7H2;1H/t9-;/m0./s1. The van der Waals surface area contributed by atoms with Crippen LogP contribution < -0.4 is 5.32 Å². The Morgan fingerprint density at radius 2 is 2.06 bits per heavy atom. The van der Waals surface area contributed by atoms with Crippen molar-refractivity contribution in [1.29, 1.82) is 0 Å². The molecule has 1 saturated heterocycles. The maximum atomic E-state index is 4.61. The molecule has 1 aliphatic heterocycles. The molecule has 2 aromatic rings. The zero-order chi connectivity index (χ0) is 10.8. The molecule has 0 aliphatic carbocycles. The van der Waals surface area contributed by atoms with E-state index in [-0.39, 0.29) is 12.4 Å². The SMILES string of the molecule is Cl.c1ccc2nc(S[C@H]3CCNC3)cnc2c1. The van der Waals surface area contributed by atoms with Gasteiger partial charge in [0.25, 0.3) is 0 Å². The van der Waals surface area contributed by atoms with E-state index in [9.17, 15) is 0 Å². The fourth-order valence-corrected chi connectivity index (χ4v) is 2.94. The third-order valence-electron chi connectivity index (χ3n) is 2.73. The number of hydrogen-bond donors (Lipinski definition) is 1. The summed E-state index contributed by atoms with van der Waals surface area (Å²) >= 11 is 1.83. The van der Waals surface area contributed by atoms with Gasteiger partial charge in [0, 0.05) is 11.8 Å². The second-order valence-electron chi connectivity index (χ2n) is 3.93. The average molecular weight is 268 g/mol. The van der Waals surface area contributed by atoms with E-state index in [0.717, 1.165) is 29.1 Å². The Balaban J connectivity index is 0.00000108. The normalized spacial score (nSPS) is 19.2. The third kappa shape index (κ3) is 2.89. The largest absolute Gasteiger partial charge is 0.316 e. The highest BCUT2D eigenvalue weighted by Crippen LogP contribution is 2.25. The molecule has 0 spiro atoms. The van der Waals surface area contributed by atoms with Gasteiger partial charge < -0.3 is 5.32 Å². The molecular formula is C12H14ClN3S. The first-order chi connectivity index (χ1) is 7.92. The summed E-state index contributed by atoms with van der Waals surface area (Å²) < 4.78 is 0. The number of nitrogens with zero attached hydrogens (tertiary/aromatic N) is 2. The molecule has 1 fully saturated rings. The highest BCUT2D eigenvalue weighted by molar-refractivity contribution is 7.99. The number of para-hydroxylation sites is 2. The number of halogens is 1. The lowest BCUT2D eigenvalue weighted by Crippen LogP contribution is -2.10. The predicted octanol–water partition coefficient (Wildman–Crippen LogP) is 2.51. The number of fused-ring (bicyclic) bond motifs is 1. The van der Waals surface area contributed by atoms with Crippen LogP contribution in [0.2, 0.25) is 0 Å². The van der Waals surface area contributed by atoms with Crippen LogP contribution in [-0.2, 0) is 0 Å². The molecule has 1 aromatic carbocycles. The molecule has 3 nitrogen and oxygen atoms in total. The highest BCUT2D eigenvalue weighted by Gasteiger charge is 2.16. The van der Waals surface area contributed by atoms with Crippen molar-refractivity contribution in [2.24, 2.45) is 0 Å². The van der Waals surface area contributed by atoms with Crippen molar-refractivity contribution in [3.05, 3.63) is 30.5 Å². The summed E-state index contributed by atoms with van der Waals surface area (Å²) in [5.41, 5.74) is 1.95. The van der Waals surface area contributed by atoms with Gasteiger partial charge in [0.1, 0.15) is 5.03 Å². The molecule has 0 unspecified atom stereocenters. The van der Waals surface area contributed by atoms with Gasteiger partial charge in [0.05, 0.1) is 17.2 Å². The monoisotopic (exact) mass is 267 g/mol. The predicted molar refractivity (Wildman–Crippen MR) is 73.9 cm³/mol. The molecule has 1 aliphatic rings. The van der Waals surface area contributed by atoms with Crippen LogP contribution in [0.4, 0.5) is 0 Å². The minimum absolute atomic E-state index is 0. The van der Waals surface area contributed by atoms with Crippen molar-refractivity contribution in [2.45, 2.75) is 16.7 Å². The van der Waals surface area contributed by atoms with Crippen LogP contribution in [0.15, 0.2) is 35.5 Å². The van der Waals surface area contributed by atoms with Crippen molar-refractivity contribution < 1.29 is 0 Å². The molecule has 1 atom stereocenters. The summed E-state index contributed by atoms with van der Waals surface area (Å²) in [5, 5.41) is 5.04. The summed E-state index contributed by atoms with van der Waals surface area (Å²) in [4.78, 5) is 9.03. The first-order valence-electron chi connectivity index (χ1n) is 5.51. The Labute approximate surface area is 111 Å². The number of aromatic nitrogens is 2. The lowest BCUT2D eigenvalue weighted by atomic mass is 10.3. The molecular weight excluding hydrogens is 254 g/mol. The summed E-state index contributed by atoms with van der Waals surface area (Å²) in [5.74, 6) is 0. The molecule has 0 radical (unpaired) electrons. The van der Waals surface area contributed by atoms with Gasteiger partial charge in [-0.25, -0.2) is 4.98 Å². The fourth-order valence-electron chi connectivity index (χ4n) is 1.90. The summed E-state index contributed by atoms with van der Waals surface area (Å²) in [6, 6.07) is 8.00. The second-order valence-corrected chi connectivity index (χ2v) is 5.25. The van der Waals surface area contributed by atoms with Crippen LogP contribution in [0.1, 0.15) is 6.42 Å². The van der Waals surface area contributed by atoms with Gasteiger partial charge in [-0.05, 0) is 25.1 Å². The van der Waals surface area contributed by atoms with E-state index in [2.05, 4.69) is 15.3 Å². The minimum atomic E-state index is 0. The maximum absolute atomic E-state index is 4.61. The lowest BCUT2D eigenvalue weighted by Gasteiger charge is -2.07. The minimum Gasteiger partial charge on any atom is -0.316 e. The van der Waals surface area contributed by atoms with Crippen molar-refractivity contribution >= 4 is 35.2 Å². The van der Waals surface area contributed by atoms with E-state index in [1.54, 1.807) is 0 Å². The fraction of sp³-hybridized carbons (Fsp3) is 0.333. The van der Waals surface area contributed by atoms with E-state index in [0.29, 0.717) is 5.25 Å². The molecule has 5 heteroatoms. The smallest absolute Gasteiger partial charge is 0.115 e. The molecule has 90 valence electrons. The number of benzene rings is 1. The van der Waals surface area contributed by atoms with Crippen molar-refractivity contribution in [3.8, 4) is 0 Å². The van der Waals surface area contributed by atoms with Gasteiger partial charge in [-0.1, -0.05) is 12.1 Å². The van der Waals surface area contributed by atoms with Crippen LogP contribution >= 0.6 is 24.2 Å². The van der Waals surface area contributed by atoms with E-state index >= 15 is 0 Å². The molecule has 3 rings (SSSR count). The Kier molecular flexibility index (Phi) is 4.20. The van der Waals surface area contributed by atoms with E-state index in [1.807, 2.05) is 42.2 Å². The Morgan fingerprint density at radius 3 is 2.82 bits per heavy atom. The topological polar surface area (TPSA) is 37.8 Å². The summed E-state index contributed by atoms with van der Waals surface area (Å²) in [7, 11) is 0. The Morgan fingerprint density at radius 1 is 1.24 bits per heavy atom. The summed E-state index contributed by atoms with van der Waals surface area (Å²) in [6.07, 6.45) is 3.10. The van der Waals surface area contributed by atoms with Gasteiger partial charge in [0.15, 0.2) is 0 Å². The lowest BCUT2D eigenvalue weighted by molar-refractivity contribution is 0.858. The third-order valence-corrected chi connectivity index (χ3v) is 3.90. The Hall–Kier alpha value is -0.840. The number of nitrogens with one attached hydrogen (secondary N) is 1.